The number of carbonyl (C=O) groups excluding carboxylic acids is 1. The lowest BCUT2D eigenvalue weighted by Crippen LogP contribution is -2.13. The summed E-state index contributed by atoms with van der Waals surface area (Å²) in [5.74, 6) is 0.190. The molecule has 1 atom stereocenters. The molecule has 0 heterocycles. The van der Waals surface area contributed by atoms with Gasteiger partial charge in [-0.2, -0.15) is 0 Å². The lowest BCUT2D eigenvalue weighted by Gasteiger charge is -2.10. The van der Waals surface area contributed by atoms with Crippen LogP contribution in [0.2, 0.25) is 0 Å². The number of aryl methyl sites for hydroxylation is 1. The monoisotopic (exact) mass is 220 g/mol. The third kappa shape index (κ3) is 5.66. The molecule has 88 valence electrons. The molecule has 0 amide bonds. The molecule has 1 aromatic rings. The number of hydrogen-bond acceptors (Lipinski definition) is 2. The number of Topliss-reactive ketones (excluding diaryl/α,β-unsaturated/α-hetero) is 1. The summed E-state index contributed by atoms with van der Waals surface area (Å²) in [6.07, 6.45) is 2.61. The van der Waals surface area contributed by atoms with Gasteiger partial charge >= 0.3 is 0 Å². The van der Waals surface area contributed by atoms with E-state index >= 15 is 0 Å². The highest BCUT2D eigenvalue weighted by molar-refractivity contribution is 5.75. The van der Waals surface area contributed by atoms with E-state index in [1.165, 1.54) is 5.56 Å². The minimum atomic E-state index is 0.0493. The third-order valence-electron chi connectivity index (χ3n) is 2.43. The Morgan fingerprint density at radius 3 is 2.62 bits per heavy atom. The van der Waals surface area contributed by atoms with Gasteiger partial charge in [0.15, 0.2) is 0 Å². The summed E-state index contributed by atoms with van der Waals surface area (Å²) >= 11 is 0. The average Bonchev–Trinajstić information content (AvgIpc) is 2.25. The number of benzene rings is 1. The van der Waals surface area contributed by atoms with Gasteiger partial charge in [-0.25, -0.2) is 0 Å². The van der Waals surface area contributed by atoms with Crippen LogP contribution in [0.1, 0.15) is 32.3 Å². The molecule has 0 spiro atoms. The molecule has 1 aromatic carbocycles. The van der Waals surface area contributed by atoms with Crippen molar-refractivity contribution in [1.82, 2.24) is 0 Å². The molecule has 0 bridgehead atoms. The van der Waals surface area contributed by atoms with Crippen LogP contribution in [0.4, 0.5) is 0 Å². The fraction of sp³-hybridized carbons (Fsp3) is 0.500. The lowest BCUT2D eigenvalue weighted by molar-refractivity contribution is -0.119. The van der Waals surface area contributed by atoms with Gasteiger partial charge in [-0.1, -0.05) is 30.3 Å². The Morgan fingerprint density at radius 2 is 2.00 bits per heavy atom. The van der Waals surface area contributed by atoms with E-state index in [9.17, 15) is 4.79 Å². The molecule has 0 N–H and O–H groups in total. The molecule has 0 aromatic heterocycles. The summed E-state index contributed by atoms with van der Waals surface area (Å²) in [5, 5.41) is 0. The van der Waals surface area contributed by atoms with Crippen molar-refractivity contribution in [3.05, 3.63) is 35.9 Å². The lowest BCUT2D eigenvalue weighted by atomic mass is 10.1. The Bertz CT molecular complexity index is 306. The zero-order valence-corrected chi connectivity index (χ0v) is 10.1. The van der Waals surface area contributed by atoms with Gasteiger partial charge < -0.3 is 4.74 Å². The molecular formula is C14H20O2. The van der Waals surface area contributed by atoms with E-state index in [-0.39, 0.29) is 11.9 Å². The van der Waals surface area contributed by atoms with Crippen LogP contribution in [-0.4, -0.2) is 18.5 Å². The second kappa shape index (κ2) is 7.18. The second-order valence-electron chi connectivity index (χ2n) is 4.18. The summed E-state index contributed by atoms with van der Waals surface area (Å²) in [6, 6.07) is 10.4. The van der Waals surface area contributed by atoms with Gasteiger partial charge in [-0.05, 0) is 32.3 Å². The molecule has 2 nitrogen and oxygen atoms in total. The molecule has 0 aliphatic rings. The SMILES string of the molecule is CC(=O)CC(C)OCCCc1ccccc1. The molecule has 2 heteroatoms. The van der Waals surface area contributed by atoms with Crippen molar-refractivity contribution in [1.29, 1.82) is 0 Å². The summed E-state index contributed by atoms with van der Waals surface area (Å²) in [5.41, 5.74) is 1.34. The van der Waals surface area contributed by atoms with Crippen molar-refractivity contribution in [3.63, 3.8) is 0 Å². The van der Waals surface area contributed by atoms with E-state index in [1.54, 1.807) is 6.92 Å². The Balaban J connectivity index is 2.10. The van der Waals surface area contributed by atoms with Gasteiger partial charge in [0.05, 0.1) is 6.10 Å². The molecule has 0 fully saturated rings. The zero-order valence-electron chi connectivity index (χ0n) is 10.1. The summed E-state index contributed by atoms with van der Waals surface area (Å²) in [7, 11) is 0. The van der Waals surface area contributed by atoms with Crippen molar-refractivity contribution in [2.45, 2.75) is 39.2 Å². The maximum absolute atomic E-state index is 10.8. The van der Waals surface area contributed by atoms with Gasteiger partial charge in [0.2, 0.25) is 0 Å². The summed E-state index contributed by atoms with van der Waals surface area (Å²) in [6.45, 7) is 4.27. The topological polar surface area (TPSA) is 26.3 Å². The van der Waals surface area contributed by atoms with Crippen molar-refractivity contribution in [2.75, 3.05) is 6.61 Å². The molecule has 0 aliphatic carbocycles. The molecule has 0 radical (unpaired) electrons. The van der Waals surface area contributed by atoms with E-state index in [0.717, 1.165) is 19.4 Å². The first kappa shape index (κ1) is 12.9. The Kier molecular flexibility index (Phi) is 5.79. The van der Waals surface area contributed by atoms with Crippen LogP contribution in [0, 0.1) is 0 Å². The van der Waals surface area contributed by atoms with E-state index in [2.05, 4.69) is 24.3 Å². The van der Waals surface area contributed by atoms with Crippen molar-refractivity contribution < 1.29 is 9.53 Å². The van der Waals surface area contributed by atoms with Crippen LogP contribution in [0.3, 0.4) is 0 Å². The first-order chi connectivity index (χ1) is 7.68. The Labute approximate surface area is 97.6 Å². The normalized spacial score (nSPS) is 12.4. The van der Waals surface area contributed by atoms with Crippen molar-refractivity contribution >= 4 is 5.78 Å². The predicted molar refractivity (Wildman–Crippen MR) is 65.5 cm³/mol. The van der Waals surface area contributed by atoms with E-state index in [0.29, 0.717) is 6.42 Å². The molecule has 1 unspecified atom stereocenters. The number of carbonyl (C=O) groups is 1. The van der Waals surface area contributed by atoms with Crippen LogP contribution in [-0.2, 0) is 16.0 Å². The maximum atomic E-state index is 10.8. The van der Waals surface area contributed by atoms with Crippen LogP contribution >= 0.6 is 0 Å². The largest absolute Gasteiger partial charge is 0.378 e. The second-order valence-corrected chi connectivity index (χ2v) is 4.18. The van der Waals surface area contributed by atoms with Crippen molar-refractivity contribution in [2.24, 2.45) is 0 Å². The van der Waals surface area contributed by atoms with Gasteiger partial charge in [0, 0.05) is 13.0 Å². The third-order valence-corrected chi connectivity index (χ3v) is 2.43. The molecule has 16 heavy (non-hydrogen) atoms. The summed E-state index contributed by atoms with van der Waals surface area (Å²) < 4.78 is 5.55. The van der Waals surface area contributed by atoms with E-state index < -0.39 is 0 Å². The van der Waals surface area contributed by atoms with Gasteiger partial charge in [-0.3, -0.25) is 4.79 Å². The summed E-state index contributed by atoms with van der Waals surface area (Å²) in [4.78, 5) is 10.8. The first-order valence-corrected chi connectivity index (χ1v) is 5.83. The maximum Gasteiger partial charge on any atom is 0.132 e. The van der Waals surface area contributed by atoms with Crippen molar-refractivity contribution in [3.8, 4) is 0 Å². The van der Waals surface area contributed by atoms with E-state index in [4.69, 9.17) is 4.74 Å². The fourth-order valence-electron chi connectivity index (χ4n) is 1.67. The van der Waals surface area contributed by atoms with Gasteiger partial charge in [0.1, 0.15) is 5.78 Å². The smallest absolute Gasteiger partial charge is 0.132 e. The standard InChI is InChI=1S/C14H20O2/c1-12(15)11-13(2)16-10-6-9-14-7-4-3-5-8-14/h3-5,7-8,13H,6,9-11H2,1-2H3. The Hall–Kier alpha value is -1.15. The highest BCUT2D eigenvalue weighted by atomic mass is 16.5. The molecule has 0 saturated carbocycles. The zero-order chi connectivity index (χ0) is 11.8. The minimum absolute atomic E-state index is 0.0493. The van der Waals surface area contributed by atoms with E-state index in [1.807, 2.05) is 13.0 Å². The minimum Gasteiger partial charge on any atom is -0.378 e. The average molecular weight is 220 g/mol. The van der Waals surface area contributed by atoms with Gasteiger partial charge in [-0.15, -0.1) is 0 Å². The van der Waals surface area contributed by atoms with Gasteiger partial charge in [0.25, 0.3) is 0 Å². The predicted octanol–water partition coefficient (Wildman–Crippen LogP) is 3.00. The number of rotatable bonds is 7. The van der Waals surface area contributed by atoms with Crippen LogP contribution in [0.25, 0.3) is 0 Å². The fourth-order valence-corrected chi connectivity index (χ4v) is 1.67. The number of hydrogen-bond donors (Lipinski definition) is 0. The molecule has 0 aliphatic heterocycles. The highest BCUT2D eigenvalue weighted by Crippen LogP contribution is 2.04. The quantitative estimate of drug-likeness (QED) is 0.660. The number of ketones is 1. The first-order valence-electron chi connectivity index (χ1n) is 5.83. The van der Waals surface area contributed by atoms with Crippen LogP contribution < -0.4 is 0 Å². The highest BCUT2D eigenvalue weighted by Gasteiger charge is 2.04. The molecule has 1 rings (SSSR count). The van der Waals surface area contributed by atoms with Crippen LogP contribution in [0.5, 0.6) is 0 Å². The van der Waals surface area contributed by atoms with Crippen LogP contribution in [0.15, 0.2) is 30.3 Å². The molecule has 0 saturated heterocycles. The Morgan fingerprint density at radius 1 is 1.31 bits per heavy atom. The molecular weight excluding hydrogens is 200 g/mol. The number of ether oxygens (including phenoxy) is 1.